The van der Waals surface area contributed by atoms with Crippen molar-refractivity contribution in [3.63, 3.8) is 0 Å². The Morgan fingerprint density at radius 3 is 2.41 bits per heavy atom. The molecule has 2 aromatic heterocycles. The summed E-state index contributed by atoms with van der Waals surface area (Å²) >= 11 is 5.72. The Hall–Kier alpha value is -3.80. The monoisotopic (exact) mass is 522 g/mol. The molecule has 0 amide bonds. The van der Waals surface area contributed by atoms with Crippen LogP contribution >= 0.6 is 12.2 Å². The second-order valence-corrected chi connectivity index (χ2v) is 9.27. The highest BCUT2D eigenvalue weighted by Gasteiger charge is 2.41. The molecule has 2 atom stereocenters. The first-order valence-electron chi connectivity index (χ1n) is 11.9. The lowest BCUT2D eigenvalue weighted by atomic mass is 10.0. The molecule has 4 heterocycles. The van der Waals surface area contributed by atoms with Crippen LogP contribution < -0.4 is 5.32 Å². The van der Waals surface area contributed by atoms with Crippen molar-refractivity contribution in [2.75, 3.05) is 39.4 Å². The number of ether oxygens (including phenoxy) is 1. The molecular weight excluding hydrogens is 496 g/mol. The molecule has 10 nitrogen and oxygen atoms in total. The van der Waals surface area contributed by atoms with Gasteiger partial charge in [-0.25, -0.2) is 9.59 Å². The predicted octanol–water partition coefficient (Wildman–Crippen LogP) is 3.04. The molecule has 11 heteroatoms. The number of aromatic nitrogens is 1. The largest absolute Gasteiger partial charge is 0.478 e. The Bertz CT molecular complexity index is 1280. The zero-order chi connectivity index (χ0) is 25.9. The molecule has 3 N–H and O–H groups in total. The molecule has 1 aromatic carbocycles. The molecule has 5 rings (SSSR count). The van der Waals surface area contributed by atoms with Crippen LogP contribution in [0, 0.1) is 0 Å². The molecule has 0 saturated carbocycles. The number of hydrogen-bond acceptors (Lipinski definition) is 7. The number of rotatable bonds is 8. The van der Waals surface area contributed by atoms with Crippen molar-refractivity contribution >= 4 is 29.3 Å². The first kappa shape index (κ1) is 24.9. The zero-order valence-electron chi connectivity index (χ0n) is 19.9. The topological polar surface area (TPSA) is 128 Å². The molecule has 0 unspecified atom stereocenters. The standard InChI is InChI=1S/C26H26N4O6S/c31-24(32)17-13-16(14-18(15-17)25(33)34)20-4-5-21(36-20)23-22(19-3-1-2-6-27-19)28-26(37)30(23)8-7-29-9-11-35-12-10-29/h1-6,13-15,22-23H,7-12H2,(H,28,37)(H,31,32)(H,33,34)/t22-,23+/m0/s1. The Kier molecular flexibility index (Phi) is 7.17. The van der Waals surface area contributed by atoms with E-state index in [0.29, 0.717) is 42.0 Å². The molecule has 0 spiro atoms. The van der Waals surface area contributed by atoms with E-state index in [9.17, 15) is 19.8 Å². The summed E-state index contributed by atoms with van der Waals surface area (Å²) in [6.07, 6.45) is 1.73. The van der Waals surface area contributed by atoms with Crippen LogP contribution in [0.4, 0.5) is 0 Å². The van der Waals surface area contributed by atoms with Gasteiger partial charge in [0.1, 0.15) is 17.6 Å². The molecule has 2 aliphatic heterocycles. The van der Waals surface area contributed by atoms with E-state index >= 15 is 0 Å². The highest BCUT2D eigenvalue weighted by Crippen LogP contribution is 2.40. The number of carbonyl (C=O) groups is 2. The number of thiocarbonyl (C=S) groups is 1. The number of nitrogens with one attached hydrogen (secondary N) is 1. The summed E-state index contributed by atoms with van der Waals surface area (Å²) in [6, 6.07) is 12.6. The number of nitrogens with zero attached hydrogens (tertiary/aromatic N) is 3. The number of aromatic carboxylic acids is 2. The summed E-state index contributed by atoms with van der Waals surface area (Å²) < 4.78 is 11.7. The summed E-state index contributed by atoms with van der Waals surface area (Å²) in [5.41, 5.74) is 0.916. The van der Waals surface area contributed by atoms with E-state index in [-0.39, 0.29) is 23.2 Å². The maximum Gasteiger partial charge on any atom is 0.335 e. The summed E-state index contributed by atoms with van der Waals surface area (Å²) in [5, 5.41) is 22.9. The van der Waals surface area contributed by atoms with Crippen LogP contribution in [0.15, 0.2) is 59.1 Å². The zero-order valence-corrected chi connectivity index (χ0v) is 20.7. The van der Waals surface area contributed by atoms with Crippen molar-refractivity contribution in [2.45, 2.75) is 12.1 Å². The maximum absolute atomic E-state index is 11.6. The number of benzene rings is 1. The molecular formula is C26H26N4O6S. The number of morpholine rings is 1. The highest BCUT2D eigenvalue weighted by atomic mass is 32.1. The average Bonchev–Trinajstić information content (AvgIpc) is 3.53. The van der Waals surface area contributed by atoms with E-state index in [1.54, 1.807) is 12.3 Å². The van der Waals surface area contributed by atoms with E-state index in [1.165, 1.54) is 12.1 Å². The van der Waals surface area contributed by atoms with Gasteiger partial charge in [-0.15, -0.1) is 0 Å². The summed E-state index contributed by atoms with van der Waals surface area (Å²) in [7, 11) is 0. The average molecular weight is 523 g/mol. The van der Waals surface area contributed by atoms with Gasteiger partial charge in [-0.1, -0.05) is 6.07 Å². The van der Waals surface area contributed by atoms with Gasteiger partial charge in [0.2, 0.25) is 0 Å². The first-order valence-corrected chi connectivity index (χ1v) is 12.3. The van der Waals surface area contributed by atoms with E-state index < -0.39 is 11.9 Å². The van der Waals surface area contributed by atoms with Crippen molar-refractivity contribution in [2.24, 2.45) is 0 Å². The lowest BCUT2D eigenvalue weighted by Gasteiger charge is -2.31. The Labute approximate surface area is 218 Å². The fourth-order valence-corrected chi connectivity index (χ4v) is 5.04. The Morgan fingerprint density at radius 1 is 1.03 bits per heavy atom. The van der Waals surface area contributed by atoms with Crippen LogP contribution in [0.2, 0.25) is 0 Å². The van der Waals surface area contributed by atoms with Crippen LogP contribution in [-0.4, -0.2) is 81.4 Å². The molecule has 2 fully saturated rings. The molecule has 2 saturated heterocycles. The van der Waals surface area contributed by atoms with E-state index in [0.717, 1.165) is 31.4 Å². The molecule has 0 aliphatic carbocycles. The summed E-state index contributed by atoms with van der Waals surface area (Å²) in [5.74, 6) is -1.46. The van der Waals surface area contributed by atoms with Gasteiger partial charge in [-0.3, -0.25) is 9.88 Å². The van der Waals surface area contributed by atoms with Gasteiger partial charge in [0, 0.05) is 37.9 Å². The predicted molar refractivity (Wildman–Crippen MR) is 137 cm³/mol. The second-order valence-electron chi connectivity index (χ2n) is 8.89. The van der Waals surface area contributed by atoms with Crippen LogP contribution in [0.3, 0.4) is 0 Å². The quantitative estimate of drug-likeness (QED) is 0.378. The Morgan fingerprint density at radius 2 is 1.76 bits per heavy atom. The molecule has 192 valence electrons. The Balaban J connectivity index is 1.48. The van der Waals surface area contributed by atoms with Crippen molar-refractivity contribution in [3.8, 4) is 11.3 Å². The minimum atomic E-state index is -1.22. The SMILES string of the molecule is O=C(O)c1cc(C(=O)O)cc(-c2ccc([C@@H]3[C@H](c4ccccn4)NC(=S)N3CCN3CCOCC3)o2)c1. The molecule has 37 heavy (non-hydrogen) atoms. The van der Waals surface area contributed by atoms with Gasteiger partial charge in [-0.2, -0.15) is 0 Å². The minimum absolute atomic E-state index is 0.130. The normalized spacial score (nSPS) is 20.1. The highest BCUT2D eigenvalue weighted by molar-refractivity contribution is 7.80. The van der Waals surface area contributed by atoms with Gasteiger partial charge in [0.05, 0.1) is 36.1 Å². The van der Waals surface area contributed by atoms with Crippen molar-refractivity contribution in [1.29, 1.82) is 0 Å². The van der Waals surface area contributed by atoms with Gasteiger partial charge < -0.3 is 29.6 Å². The van der Waals surface area contributed by atoms with Gasteiger partial charge in [0.15, 0.2) is 5.11 Å². The molecule has 0 radical (unpaired) electrons. The fraction of sp³-hybridized carbons (Fsp3) is 0.308. The molecule has 2 aliphatic rings. The van der Waals surface area contributed by atoms with Gasteiger partial charge in [-0.05, 0) is 54.7 Å². The first-order chi connectivity index (χ1) is 17.9. The van der Waals surface area contributed by atoms with E-state index in [1.807, 2.05) is 24.3 Å². The molecule has 3 aromatic rings. The van der Waals surface area contributed by atoms with Gasteiger partial charge >= 0.3 is 11.9 Å². The number of pyridine rings is 1. The second kappa shape index (κ2) is 10.7. The number of furan rings is 1. The summed E-state index contributed by atoms with van der Waals surface area (Å²) in [4.78, 5) is 32.1. The van der Waals surface area contributed by atoms with Crippen LogP contribution in [0.25, 0.3) is 11.3 Å². The number of carboxylic acids is 2. The van der Waals surface area contributed by atoms with Crippen LogP contribution in [0.1, 0.15) is 44.3 Å². The third-order valence-electron chi connectivity index (χ3n) is 6.59. The molecule has 0 bridgehead atoms. The maximum atomic E-state index is 11.6. The van der Waals surface area contributed by atoms with Crippen molar-refractivity contribution in [3.05, 3.63) is 77.3 Å². The van der Waals surface area contributed by atoms with Crippen molar-refractivity contribution < 1.29 is 29.0 Å². The minimum Gasteiger partial charge on any atom is -0.478 e. The lowest BCUT2D eigenvalue weighted by Crippen LogP contribution is -2.42. The lowest BCUT2D eigenvalue weighted by molar-refractivity contribution is 0.0347. The fourth-order valence-electron chi connectivity index (χ4n) is 4.71. The van der Waals surface area contributed by atoms with Crippen LogP contribution in [0.5, 0.6) is 0 Å². The van der Waals surface area contributed by atoms with Crippen molar-refractivity contribution in [1.82, 2.24) is 20.1 Å². The summed E-state index contributed by atoms with van der Waals surface area (Å²) in [6.45, 7) is 4.59. The van der Waals surface area contributed by atoms with Crippen LogP contribution in [-0.2, 0) is 4.74 Å². The smallest absolute Gasteiger partial charge is 0.335 e. The van der Waals surface area contributed by atoms with E-state index in [4.69, 9.17) is 21.4 Å². The number of hydrogen-bond donors (Lipinski definition) is 3. The third-order valence-corrected chi connectivity index (χ3v) is 6.94. The third kappa shape index (κ3) is 5.33. The number of carboxylic acid groups (broad SMARTS) is 2. The van der Waals surface area contributed by atoms with Gasteiger partial charge in [0.25, 0.3) is 0 Å². The van der Waals surface area contributed by atoms with E-state index in [2.05, 4.69) is 20.1 Å².